The fourth-order valence-electron chi connectivity index (χ4n) is 7.78. The number of phosphoric acid groups is 2. The highest BCUT2D eigenvalue weighted by atomic mass is 31.2. The number of unbranched alkanes of at least 4 members (excludes halogenated alkanes) is 25. The first-order chi connectivity index (χ1) is 35.1. The topological polar surface area (TPSA) is 237 Å². The Morgan fingerprint density at radius 1 is 0.384 bits per heavy atom. The standard InChI is InChI=1S/C54H104O17P2/c1-6-10-13-16-17-18-19-20-21-22-23-30-35-40-54(59)71-50(44-65-52(57)38-33-29-25-24-28-31-36-47(5)9-4)46-69-73(62,63)67-42-48(55)41-66-72(60,61)68-45-49(70-53(58)39-34-27-15-12-8-3)43-64-51(56)37-32-26-14-11-7-2/h47-50,55H,6-46H2,1-5H3,(H,60,61)(H,62,63)/t47?,48-,49+,50+/m0/s1. The molecule has 0 aliphatic carbocycles. The van der Waals surface area contributed by atoms with Crippen molar-refractivity contribution in [3.05, 3.63) is 0 Å². The molecule has 0 aromatic rings. The van der Waals surface area contributed by atoms with Gasteiger partial charge >= 0.3 is 39.5 Å². The van der Waals surface area contributed by atoms with Crippen LogP contribution in [0.5, 0.6) is 0 Å². The first-order valence-electron chi connectivity index (χ1n) is 28.7. The van der Waals surface area contributed by atoms with Crippen LogP contribution in [0, 0.1) is 5.92 Å². The summed E-state index contributed by atoms with van der Waals surface area (Å²) in [6, 6.07) is 0. The maximum Gasteiger partial charge on any atom is 0.472 e. The first-order valence-corrected chi connectivity index (χ1v) is 31.7. The Morgan fingerprint density at radius 3 is 0.973 bits per heavy atom. The number of aliphatic hydroxyl groups is 1. The van der Waals surface area contributed by atoms with Crippen LogP contribution >= 0.6 is 15.6 Å². The summed E-state index contributed by atoms with van der Waals surface area (Å²) in [6.07, 6.45) is 28.7. The second kappa shape index (κ2) is 48.4. The number of phosphoric ester groups is 2. The van der Waals surface area contributed by atoms with Crippen LogP contribution in [-0.4, -0.2) is 96.7 Å². The Labute approximate surface area is 441 Å². The van der Waals surface area contributed by atoms with Gasteiger partial charge in [0.05, 0.1) is 26.4 Å². The van der Waals surface area contributed by atoms with Crippen molar-refractivity contribution in [1.82, 2.24) is 0 Å². The summed E-state index contributed by atoms with van der Waals surface area (Å²) in [5.41, 5.74) is 0. The van der Waals surface area contributed by atoms with Crippen molar-refractivity contribution in [2.75, 3.05) is 39.6 Å². The minimum atomic E-state index is -4.93. The smallest absolute Gasteiger partial charge is 0.462 e. The summed E-state index contributed by atoms with van der Waals surface area (Å²) in [5, 5.41) is 10.4. The van der Waals surface area contributed by atoms with Crippen molar-refractivity contribution < 1.29 is 80.2 Å². The predicted molar refractivity (Wildman–Crippen MR) is 285 cm³/mol. The highest BCUT2D eigenvalue weighted by Crippen LogP contribution is 2.45. The van der Waals surface area contributed by atoms with Crippen LogP contribution in [0.1, 0.15) is 259 Å². The minimum Gasteiger partial charge on any atom is -0.462 e. The summed E-state index contributed by atoms with van der Waals surface area (Å²) in [4.78, 5) is 71.2. The van der Waals surface area contributed by atoms with Crippen LogP contribution in [0.4, 0.5) is 0 Å². The van der Waals surface area contributed by atoms with E-state index in [2.05, 4.69) is 34.6 Å². The first kappa shape index (κ1) is 71.1. The molecule has 0 saturated heterocycles. The maximum absolute atomic E-state index is 12.9. The third-order valence-corrected chi connectivity index (χ3v) is 14.5. The van der Waals surface area contributed by atoms with E-state index < -0.39 is 97.5 Å². The Hall–Kier alpha value is -1.94. The highest BCUT2D eigenvalue weighted by molar-refractivity contribution is 7.47. The zero-order valence-corrected chi connectivity index (χ0v) is 48.0. The van der Waals surface area contributed by atoms with Crippen molar-refractivity contribution in [2.45, 2.75) is 278 Å². The molecular formula is C54H104O17P2. The van der Waals surface area contributed by atoms with Crippen LogP contribution < -0.4 is 0 Å². The molecule has 19 heteroatoms. The summed E-state index contributed by atoms with van der Waals surface area (Å²) in [7, 11) is -9.85. The number of hydrogen-bond acceptors (Lipinski definition) is 15. The molecule has 0 saturated carbocycles. The Bertz CT molecular complexity index is 1450. The molecule has 17 nitrogen and oxygen atoms in total. The second-order valence-electron chi connectivity index (χ2n) is 19.9. The third kappa shape index (κ3) is 48.2. The summed E-state index contributed by atoms with van der Waals surface area (Å²) >= 11 is 0. The van der Waals surface area contributed by atoms with Gasteiger partial charge in [-0.25, -0.2) is 9.13 Å². The molecule has 0 bridgehead atoms. The maximum atomic E-state index is 12.9. The van der Waals surface area contributed by atoms with E-state index in [4.69, 9.17) is 37.0 Å². The van der Waals surface area contributed by atoms with Gasteiger partial charge in [-0.1, -0.05) is 208 Å². The second-order valence-corrected chi connectivity index (χ2v) is 22.8. The van der Waals surface area contributed by atoms with Crippen molar-refractivity contribution in [1.29, 1.82) is 0 Å². The number of carbonyl (C=O) groups is 4. The quantitative estimate of drug-likeness (QED) is 0.0222. The van der Waals surface area contributed by atoms with E-state index >= 15 is 0 Å². The molecule has 6 atom stereocenters. The third-order valence-electron chi connectivity index (χ3n) is 12.6. The van der Waals surface area contributed by atoms with E-state index in [9.17, 15) is 43.2 Å². The van der Waals surface area contributed by atoms with Crippen LogP contribution in [-0.2, 0) is 65.4 Å². The molecule has 3 unspecified atom stereocenters. The van der Waals surface area contributed by atoms with Gasteiger partial charge in [-0.05, 0) is 31.6 Å². The average molecular weight is 1090 g/mol. The van der Waals surface area contributed by atoms with Gasteiger partial charge in [0.15, 0.2) is 12.2 Å². The zero-order valence-electron chi connectivity index (χ0n) is 46.3. The number of hydrogen-bond donors (Lipinski definition) is 3. The minimum absolute atomic E-state index is 0.0986. The van der Waals surface area contributed by atoms with Crippen molar-refractivity contribution in [3.8, 4) is 0 Å². The van der Waals surface area contributed by atoms with E-state index in [1.165, 1.54) is 70.6 Å². The van der Waals surface area contributed by atoms with Gasteiger partial charge in [0, 0.05) is 25.7 Å². The van der Waals surface area contributed by atoms with Gasteiger partial charge in [0.2, 0.25) is 0 Å². The van der Waals surface area contributed by atoms with Crippen LogP contribution in [0.15, 0.2) is 0 Å². The Morgan fingerprint density at radius 2 is 0.658 bits per heavy atom. The predicted octanol–water partition coefficient (Wildman–Crippen LogP) is 13.9. The number of carbonyl (C=O) groups excluding carboxylic acids is 4. The molecule has 0 rings (SSSR count). The van der Waals surface area contributed by atoms with Gasteiger partial charge in [0.25, 0.3) is 0 Å². The lowest BCUT2D eigenvalue weighted by Crippen LogP contribution is -2.30. The monoisotopic (exact) mass is 1090 g/mol. The number of ether oxygens (including phenoxy) is 4. The van der Waals surface area contributed by atoms with Crippen molar-refractivity contribution in [2.24, 2.45) is 5.92 Å². The Kier molecular flexibility index (Phi) is 47.1. The molecule has 0 spiro atoms. The lowest BCUT2D eigenvalue weighted by atomic mass is 10.00. The molecule has 0 fully saturated rings. The zero-order chi connectivity index (χ0) is 54.3. The molecule has 0 heterocycles. The molecule has 0 aromatic heterocycles. The lowest BCUT2D eigenvalue weighted by molar-refractivity contribution is -0.161. The molecule has 0 amide bonds. The molecule has 0 aliphatic rings. The van der Waals surface area contributed by atoms with E-state index in [0.717, 1.165) is 109 Å². The van der Waals surface area contributed by atoms with E-state index in [1.807, 2.05) is 0 Å². The number of aliphatic hydroxyl groups excluding tert-OH is 1. The van der Waals surface area contributed by atoms with Gasteiger partial charge in [-0.2, -0.15) is 0 Å². The van der Waals surface area contributed by atoms with Crippen molar-refractivity contribution >= 4 is 39.5 Å². The molecule has 73 heavy (non-hydrogen) atoms. The van der Waals surface area contributed by atoms with E-state index in [0.29, 0.717) is 25.7 Å². The average Bonchev–Trinajstić information content (AvgIpc) is 3.36. The highest BCUT2D eigenvalue weighted by Gasteiger charge is 2.30. The fourth-order valence-corrected chi connectivity index (χ4v) is 9.36. The molecule has 3 N–H and O–H groups in total. The molecule has 0 aromatic carbocycles. The summed E-state index contributed by atoms with van der Waals surface area (Å²) < 4.78 is 67.1. The number of esters is 4. The van der Waals surface area contributed by atoms with Crippen LogP contribution in [0.25, 0.3) is 0 Å². The normalized spacial score (nSPS) is 14.9. The molecule has 0 radical (unpaired) electrons. The van der Waals surface area contributed by atoms with Gasteiger partial charge in [0.1, 0.15) is 19.3 Å². The van der Waals surface area contributed by atoms with E-state index in [1.54, 1.807) is 0 Å². The SMILES string of the molecule is CCCCCCCCCCCCCCCC(=O)O[C@H](COC(=O)CCCCCCCCC(C)CC)COP(=O)(O)OC[C@@H](O)COP(=O)(O)OC[C@@H](COC(=O)CCCCCCC)OC(=O)CCCCCCC. The molecule has 0 aliphatic heterocycles. The van der Waals surface area contributed by atoms with Crippen LogP contribution in [0.2, 0.25) is 0 Å². The van der Waals surface area contributed by atoms with Crippen LogP contribution in [0.3, 0.4) is 0 Å². The molecular weight excluding hydrogens is 983 g/mol. The number of rotatable bonds is 54. The van der Waals surface area contributed by atoms with Crippen molar-refractivity contribution in [3.63, 3.8) is 0 Å². The van der Waals surface area contributed by atoms with E-state index in [-0.39, 0.29) is 25.7 Å². The van der Waals surface area contributed by atoms with Gasteiger partial charge < -0.3 is 33.8 Å². The Balaban J connectivity index is 5.15. The fraction of sp³-hybridized carbons (Fsp3) is 0.926. The van der Waals surface area contributed by atoms with Gasteiger partial charge in [-0.15, -0.1) is 0 Å². The summed E-state index contributed by atoms with van der Waals surface area (Å²) in [5.74, 6) is -1.44. The largest absolute Gasteiger partial charge is 0.472 e. The molecule has 432 valence electrons. The lowest BCUT2D eigenvalue weighted by Gasteiger charge is -2.21. The van der Waals surface area contributed by atoms with Gasteiger partial charge in [-0.3, -0.25) is 37.3 Å². The summed E-state index contributed by atoms with van der Waals surface area (Å²) in [6.45, 7) is 6.89.